The van der Waals surface area contributed by atoms with Crippen LogP contribution in [0.2, 0.25) is 10.0 Å². The summed E-state index contributed by atoms with van der Waals surface area (Å²) in [5.41, 5.74) is 1.64. The van der Waals surface area contributed by atoms with E-state index in [1.54, 1.807) is 30.0 Å². The lowest BCUT2D eigenvalue weighted by Gasteiger charge is -2.38. The average Bonchev–Trinajstić information content (AvgIpc) is 3.06. The number of amides is 3. The number of likely N-dealkylation sites (N-methyl/N-ethyl adjacent to an activating group) is 1. The number of nitrogens with zero attached hydrogens (tertiary/aromatic N) is 3. The fourth-order valence-corrected chi connectivity index (χ4v) is 4.72. The van der Waals surface area contributed by atoms with Crippen LogP contribution in [0.5, 0.6) is 0 Å². The number of rotatable bonds is 7. The largest absolute Gasteiger partial charge is 0.463 e. The van der Waals surface area contributed by atoms with E-state index in [0.717, 1.165) is 13.0 Å². The average molecular weight is 511 g/mol. The number of hydrogen-bond acceptors (Lipinski definition) is 5. The Bertz CT molecular complexity index is 968. The second kappa shape index (κ2) is 11.9. The van der Waals surface area contributed by atoms with Gasteiger partial charge in [0.1, 0.15) is 0 Å². The van der Waals surface area contributed by atoms with Crippen LogP contribution in [0.25, 0.3) is 0 Å². The molecule has 1 saturated heterocycles. The van der Waals surface area contributed by atoms with Gasteiger partial charge in [0.25, 0.3) is 0 Å². The summed E-state index contributed by atoms with van der Waals surface area (Å²) in [6, 6.07) is 4.04. The number of carbonyl (C=O) groups is 3. The number of carbonyl (C=O) groups excluding carboxylic acids is 3. The van der Waals surface area contributed by atoms with E-state index < -0.39 is 12.0 Å². The van der Waals surface area contributed by atoms with Crippen molar-refractivity contribution in [2.45, 2.75) is 39.7 Å². The molecule has 0 radical (unpaired) electrons. The van der Waals surface area contributed by atoms with E-state index in [0.29, 0.717) is 66.0 Å². The van der Waals surface area contributed by atoms with Crippen LogP contribution in [0.1, 0.15) is 45.2 Å². The van der Waals surface area contributed by atoms with Crippen molar-refractivity contribution in [3.63, 3.8) is 0 Å². The van der Waals surface area contributed by atoms with Crippen LogP contribution >= 0.6 is 23.2 Å². The van der Waals surface area contributed by atoms with Gasteiger partial charge < -0.3 is 15.0 Å². The molecule has 0 spiro atoms. The second-order valence-electron chi connectivity index (χ2n) is 8.25. The standard InChI is InChI=1S/C24H32Cl2N4O4/c1-4-20(31)29-11-7-10-28(12-13-29)15-19-21(23(32)34-6-3)22(27-24(33)30(19)5-2)16-8-9-17(25)18(26)14-16/h8-9,14,22H,4-7,10-13,15H2,1-3H3,(H,27,33). The van der Waals surface area contributed by atoms with Crippen LogP contribution in [0.4, 0.5) is 4.79 Å². The molecule has 1 unspecified atom stereocenters. The summed E-state index contributed by atoms with van der Waals surface area (Å²) >= 11 is 12.3. The lowest BCUT2D eigenvalue weighted by molar-refractivity contribution is -0.139. The Morgan fingerprint density at radius 3 is 2.50 bits per heavy atom. The molecule has 0 aliphatic carbocycles. The predicted octanol–water partition coefficient (Wildman–Crippen LogP) is 3.84. The summed E-state index contributed by atoms with van der Waals surface area (Å²) < 4.78 is 5.42. The first-order valence-electron chi connectivity index (χ1n) is 11.7. The van der Waals surface area contributed by atoms with Gasteiger partial charge in [0.05, 0.1) is 28.3 Å². The highest BCUT2D eigenvalue weighted by atomic mass is 35.5. The molecule has 0 saturated carbocycles. The van der Waals surface area contributed by atoms with Crippen molar-refractivity contribution in [3.05, 3.63) is 45.1 Å². The number of ether oxygens (including phenoxy) is 1. The van der Waals surface area contributed by atoms with E-state index in [2.05, 4.69) is 10.2 Å². The second-order valence-corrected chi connectivity index (χ2v) is 9.06. The Kier molecular flexibility index (Phi) is 9.22. The number of benzene rings is 1. The van der Waals surface area contributed by atoms with Crippen molar-refractivity contribution in [1.29, 1.82) is 0 Å². The van der Waals surface area contributed by atoms with Gasteiger partial charge in [-0.15, -0.1) is 0 Å². The first-order chi connectivity index (χ1) is 16.3. The van der Waals surface area contributed by atoms with Gasteiger partial charge in [0.15, 0.2) is 0 Å². The van der Waals surface area contributed by atoms with Crippen molar-refractivity contribution in [2.75, 3.05) is 45.9 Å². The molecule has 3 rings (SSSR count). The Morgan fingerprint density at radius 1 is 1.09 bits per heavy atom. The number of urea groups is 1. The first-order valence-corrected chi connectivity index (χ1v) is 12.5. The van der Waals surface area contributed by atoms with E-state index >= 15 is 0 Å². The van der Waals surface area contributed by atoms with Crippen LogP contribution in [-0.4, -0.2) is 78.5 Å². The van der Waals surface area contributed by atoms with Gasteiger partial charge in [-0.2, -0.15) is 0 Å². The molecule has 186 valence electrons. The van der Waals surface area contributed by atoms with Gasteiger partial charge in [-0.3, -0.25) is 14.6 Å². The molecule has 34 heavy (non-hydrogen) atoms. The molecule has 3 amide bonds. The third-order valence-electron chi connectivity index (χ3n) is 6.14. The fourth-order valence-electron chi connectivity index (χ4n) is 4.41. The highest BCUT2D eigenvalue weighted by Crippen LogP contribution is 2.34. The molecular formula is C24H32Cl2N4O4. The van der Waals surface area contributed by atoms with Crippen molar-refractivity contribution >= 4 is 41.1 Å². The van der Waals surface area contributed by atoms with E-state index in [4.69, 9.17) is 27.9 Å². The third-order valence-corrected chi connectivity index (χ3v) is 6.88. The molecular weight excluding hydrogens is 479 g/mol. The molecule has 0 aromatic heterocycles. The van der Waals surface area contributed by atoms with Crippen molar-refractivity contribution in [3.8, 4) is 0 Å². The minimum absolute atomic E-state index is 0.139. The lowest BCUT2D eigenvalue weighted by Crippen LogP contribution is -2.51. The van der Waals surface area contributed by atoms with Gasteiger partial charge >= 0.3 is 12.0 Å². The maximum atomic E-state index is 13.2. The highest BCUT2D eigenvalue weighted by Gasteiger charge is 2.38. The molecule has 8 nitrogen and oxygen atoms in total. The van der Waals surface area contributed by atoms with Gasteiger partial charge in [-0.1, -0.05) is 36.2 Å². The molecule has 2 aliphatic rings. The van der Waals surface area contributed by atoms with Crippen molar-refractivity contribution in [2.24, 2.45) is 0 Å². The summed E-state index contributed by atoms with van der Waals surface area (Å²) in [6.45, 7) is 9.21. The first kappa shape index (κ1) is 26.3. The topological polar surface area (TPSA) is 82.2 Å². The quantitative estimate of drug-likeness (QED) is 0.563. The van der Waals surface area contributed by atoms with Crippen LogP contribution < -0.4 is 5.32 Å². The summed E-state index contributed by atoms with van der Waals surface area (Å²) in [5, 5.41) is 3.66. The normalized spacial score (nSPS) is 19.7. The fraction of sp³-hybridized carbons (Fsp3) is 0.542. The summed E-state index contributed by atoms with van der Waals surface area (Å²) in [5.74, 6) is -0.343. The van der Waals surface area contributed by atoms with Gasteiger partial charge in [-0.25, -0.2) is 9.59 Å². The minimum Gasteiger partial charge on any atom is -0.463 e. The van der Waals surface area contributed by atoms with Crippen LogP contribution in [0.3, 0.4) is 0 Å². The number of esters is 1. The summed E-state index contributed by atoms with van der Waals surface area (Å²) in [6.07, 6.45) is 1.30. The molecule has 0 bridgehead atoms. The zero-order chi connectivity index (χ0) is 24.8. The highest BCUT2D eigenvalue weighted by molar-refractivity contribution is 6.42. The minimum atomic E-state index is -0.718. The summed E-state index contributed by atoms with van der Waals surface area (Å²) in [4.78, 5) is 44.1. The Labute approximate surface area is 210 Å². The van der Waals surface area contributed by atoms with E-state index in [1.165, 1.54) is 0 Å². The number of halogens is 2. The molecule has 10 heteroatoms. The molecule has 1 atom stereocenters. The molecule has 1 aromatic rings. The Hall–Kier alpha value is -2.29. The lowest BCUT2D eigenvalue weighted by atomic mass is 9.94. The van der Waals surface area contributed by atoms with Crippen molar-refractivity contribution in [1.82, 2.24) is 20.0 Å². The monoisotopic (exact) mass is 510 g/mol. The van der Waals surface area contributed by atoms with E-state index in [-0.39, 0.29) is 18.5 Å². The Morgan fingerprint density at radius 2 is 1.85 bits per heavy atom. The number of nitrogens with one attached hydrogen (secondary N) is 1. The van der Waals surface area contributed by atoms with Gasteiger partial charge in [0, 0.05) is 51.4 Å². The molecule has 2 aliphatic heterocycles. The molecule has 2 heterocycles. The van der Waals surface area contributed by atoms with Crippen LogP contribution in [-0.2, 0) is 14.3 Å². The smallest absolute Gasteiger partial charge is 0.338 e. The maximum absolute atomic E-state index is 13.2. The molecule has 1 N–H and O–H groups in total. The number of hydrogen-bond donors (Lipinski definition) is 1. The maximum Gasteiger partial charge on any atom is 0.338 e. The third kappa shape index (κ3) is 5.85. The zero-order valence-corrected chi connectivity index (χ0v) is 21.4. The predicted molar refractivity (Wildman–Crippen MR) is 132 cm³/mol. The van der Waals surface area contributed by atoms with Gasteiger partial charge in [0.2, 0.25) is 5.91 Å². The summed E-state index contributed by atoms with van der Waals surface area (Å²) in [7, 11) is 0. The van der Waals surface area contributed by atoms with E-state index in [1.807, 2.05) is 18.7 Å². The van der Waals surface area contributed by atoms with Crippen LogP contribution in [0, 0.1) is 0 Å². The molecule has 1 aromatic carbocycles. The SMILES string of the molecule is CCOC(=O)C1=C(CN2CCCN(C(=O)CC)CC2)N(CC)C(=O)NC1c1ccc(Cl)c(Cl)c1. The van der Waals surface area contributed by atoms with E-state index in [9.17, 15) is 14.4 Å². The van der Waals surface area contributed by atoms with Crippen LogP contribution in [0.15, 0.2) is 29.5 Å². The Balaban J connectivity index is 2.01. The molecule has 1 fully saturated rings. The van der Waals surface area contributed by atoms with Gasteiger partial charge in [-0.05, 0) is 38.0 Å². The zero-order valence-electron chi connectivity index (χ0n) is 19.9. The van der Waals surface area contributed by atoms with Crippen molar-refractivity contribution < 1.29 is 19.1 Å².